The minimum atomic E-state index is 0.200. The minimum Gasteiger partial charge on any atom is -0.415 e. The van der Waals surface area contributed by atoms with Gasteiger partial charge >= 0.3 is 0 Å². The van der Waals surface area contributed by atoms with Crippen molar-refractivity contribution in [3.8, 4) is 0 Å². The monoisotopic (exact) mass is 327 g/mol. The van der Waals surface area contributed by atoms with Crippen LogP contribution in [0.25, 0.3) is 0 Å². The SMILES string of the molecule is c1ccc(CSc2nnc(C34CC5CC(CC(C5)C3)C4)o2)nc1. The third-order valence-electron chi connectivity index (χ3n) is 5.97. The highest BCUT2D eigenvalue weighted by Gasteiger charge is 2.54. The molecule has 0 atom stereocenters. The van der Waals surface area contributed by atoms with Crippen LogP contribution in [0.3, 0.4) is 0 Å². The van der Waals surface area contributed by atoms with E-state index in [1.807, 2.05) is 24.4 Å². The zero-order chi connectivity index (χ0) is 15.3. The molecule has 120 valence electrons. The van der Waals surface area contributed by atoms with Crippen molar-refractivity contribution < 1.29 is 4.42 Å². The van der Waals surface area contributed by atoms with E-state index in [9.17, 15) is 0 Å². The Labute approximate surface area is 140 Å². The Kier molecular flexibility index (Phi) is 3.25. The molecule has 0 aliphatic heterocycles. The van der Waals surface area contributed by atoms with Gasteiger partial charge in [0.2, 0.25) is 5.89 Å². The van der Waals surface area contributed by atoms with Gasteiger partial charge in [-0.2, -0.15) is 0 Å². The number of aromatic nitrogens is 3. The molecule has 0 saturated heterocycles. The quantitative estimate of drug-likeness (QED) is 0.787. The van der Waals surface area contributed by atoms with Gasteiger partial charge in [0.05, 0.1) is 5.69 Å². The molecule has 6 rings (SSSR count). The molecule has 0 unspecified atom stereocenters. The summed E-state index contributed by atoms with van der Waals surface area (Å²) in [5.74, 6) is 4.40. The first kappa shape index (κ1) is 14.0. The van der Waals surface area contributed by atoms with Gasteiger partial charge < -0.3 is 4.42 Å². The predicted molar refractivity (Wildman–Crippen MR) is 87.9 cm³/mol. The van der Waals surface area contributed by atoms with Crippen LogP contribution >= 0.6 is 11.8 Å². The van der Waals surface area contributed by atoms with Gasteiger partial charge in [-0.05, 0) is 68.4 Å². The van der Waals surface area contributed by atoms with Crippen molar-refractivity contribution in [1.82, 2.24) is 15.2 Å². The molecule has 4 aliphatic rings. The van der Waals surface area contributed by atoms with E-state index < -0.39 is 0 Å². The Morgan fingerprint density at radius 3 is 2.43 bits per heavy atom. The fourth-order valence-electron chi connectivity index (χ4n) is 5.47. The van der Waals surface area contributed by atoms with Gasteiger partial charge in [0.15, 0.2) is 0 Å². The largest absolute Gasteiger partial charge is 0.415 e. The van der Waals surface area contributed by atoms with Crippen LogP contribution in [0.1, 0.15) is 50.1 Å². The lowest BCUT2D eigenvalue weighted by Crippen LogP contribution is -2.48. The first-order valence-corrected chi connectivity index (χ1v) is 9.64. The smallest absolute Gasteiger partial charge is 0.276 e. The van der Waals surface area contributed by atoms with E-state index in [1.54, 1.807) is 11.8 Å². The summed E-state index contributed by atoms with van der Waals surface area (Å²) in [5, 5.41) is 9.46. The van der Waals surface area contributed by atoms with Gasteiger partial charge in [0, 0.05) is 17.4 Å². The molecular weight excluding hydrogens is 306 g/mol. The van der Waals surface area contributed by atoms with Crippen LogP contribution < -0.4 is 0 Å². The molecule has 0 spiro atoms. The maximum atomic E-state index is 6.10. The van der Waals surface area contributed by atoms with Crippen LogP contribution in [-0.4, -0.2) is 15.2 Å². The standard InChI is InChI=1S/C18H21N3OS/c1-2-4-19-15(3-1)11-23-17-21-20-16(22-17)18-8-12-5-13(9-18)7-14(6-12)10-18/h1-4,12-14H,5-11H2. The third kappa shape index (κ3) is 2.49. The van der Waals surface area contributed by atoms with Crippen LogP contribution in [0.15, 0.2) is 34.0 Å². The molecule has 23 heavy (non-hydrogen) atoms. The number of pyridine rings is 1. The van der Waals surface area contributed by atoms with Crippen molar-refractivity contribution in [1.29, 1.82) is 0 Å². The van der Waals surface area contributed by atoms with E-state index in [2.05, 4.69) is 15.2 Å². The highest BCUT2D eigenvalue weighted by atomic mass is 32.2. The minimum absolute atomic E-state index is 0.200. The van der Waals surface area contributed by atoms with Gasteiger partial charge in [0.25, 0.3) is 5.22 Å². The van der Waals surface area contributed by atoms with Crippen molar-refractivity contribution in [3.05, 3.63) is 36.0 Å². The Morgan fingerprint density at radius 2 is 1.78 bits per heavy atom. The fraction of sp³-hybridized carbons (Fsp3) is 0.611. The van der Waals surface area contributed by atoms with Gasteiger partial charge in [-0.1, -0.05) is 17.8 Å². The first-order chi connectivity index (χ1) is 11.3. The molecule has 2 heterocycles. The molecule has 4 aliphatic carbocycles. The number of thioether (sulfide) groups is 1. The average molecular weight is 327 g/mol. The molecule has 0 radical (unpaired) electrons. The predicted octanol–water partition coefficient (Wildman–Crippen LogP) is 4.22. The molecule has 2 aromatic heterocycles. The van der Waals surface area contributed by atoms with E-state index in [4.69, 9.17) is 4.42 Å². The lowest BCUT2D eigenvalue weighted by Gasteiger charge is -2.55. The summed E-state index contributed by atoms with van der Waals surface area (Å²) < 4.78 is 6.10. The zero-order valence-corrected chi connectivity index (χ0v) is 14.0. The molecule has 0 aromatic carbocycles. The molecule has 5 heteroatoms. The Balaban J connectivity index is 1.33. The summed E-state index contributed by atoms with van der Waals surface area (Å²) in [7, 11) is 0. The van der Waals surface area contributed by atoms with Crippen LogP contribution in [0.4, 0.5) is 0 Å². The Morgan fingerprint density at radius 1 is 1.04 bits per heavy atom. The Hall–Kier alpha value is -1.36. The lowest BCUT2D eigenvalue weighted by atomic mass is 9.49. The maximum absolute atomic E-state index is 6.10. The summed E-state index contributed by atoms with van der Waals surface area (Å²) in [6, 6.07) is 5.98. The molecule has 4 nitrogen and oxygen atoms in total. The number of nitrogens with zero attached hydrogens (tertiary/aromatic N) is 3. The van der Waals surface area contributed by atoms with Gasteiger partial charge in [-0.3, -0.25) is 4.98 Å². The van der Waals surface area contributed by atoms with Crippen LogP contribution in [-0.2, 0) is 11.2 Å². The number of hydrogen-bond donors (Lipinski definition) is 0. The summed E-state index contributed by atoms with van der Waals surface area (Å²) in [6.45, 7) is 0. The highest BCUT2D eigenvalue weighted by Crippen LogP contribution is 2.60. The van der Waals surface area contributed by atoms with E-state index in [0.29, 0.717) is 5.22 Å². The normalized spacial score (nSPS) is 34.9. The first-order valence-electron chi connectivity index (χ1n) is 8.66. The second-order valence-corrected chi connectivity index (χ2v) is 8.61. The van der Waals surface area contributed by atoms with Crippen LogP contribution in [0.2, 0.25) is 0 Å². The van der Waals surface area contributed by atoms with Crippen molar-refractivity contribution in [2.45, 2.75) is 54.9 Å². The average Bonchev–Trinajstić information content (AvgIpc) is 3.02. The van der Waals surface area contributed by atoms with Crippen LogP contribution in [0.5, 0.6) is 0 Å². The van der Waals surface area contributed by atoms with E-state index >= 15 is 0 Å². The fourth-order valence-corrected chi connectivity index (χ4v) is 6.15. The van der Waals surface area contributed by atoms with Gasteiger partial charge in [-0.25, -0.2) is 0 Å². The van der Waals surface area contributed by atoms with Crippen LogP contribution in [0, 0.1) is 17.8 Å². The third-order valence-corrected chi connectivity index (χ3v) is 6.82. The van der Waals surface area contributed by atoms with Crippen molar-refractivity contribution in [3.63, 3.8) is 0 Å². The van der Waals surface area contributed by atoms with Gasteiger partial charge in [0.1, 0.15) is 0 Å². The Bertz CT molecular complexity index is 664. The molecule has 0 N–H and O–H groups in total. The van der Waals surface area contributed by atoms with Crippen molar-refractivity contribution in [2.24, 2.45) is 17.8 Å². The van der Waals surface area contributed by atoms with Gasteiger partial charge in [-0.15, -0.1) is 10.2 Å². The second kappa shape index (κ2) is 5.33. The number of hydrogen-bond acceptors (Lipinski definition) is 5. The lowest BCUT2D eigenvalue weighted by molar-refractivity contribution is -0.0191. The summed E-state index contributed by atoms with van der Waals surface area (Å²) in [4.78, 5) is 4.34. The molecule has 4 bridgehead atoms. The molecule has 0 amide bonds. The molecular formula is C18H21N3OS. The van der Waals surface area contributed by atoms with Crippen molar-refractivity contribution >= 4 is 11.8 Å². The summed E-state index contributed by atoms with van der Waals surface area (Å²) in [5.41, 5.74) is 1.25. The van der Waals surface area contributed by atoms with Crippen molar-refractivity contribution in [2.75, 3.05) is 0 Å². The zero-order valence-electron chi connectivity index (χ0n) is 13.1. The second-order valence-electron chi connectivity index (χ2n) is 7.68. The maximum Gasteiger partial charge on any atom is 0.276 e. The van der Waals surface area contributed by atoms with E-state index in [-0.39, 0.29) is 5.41 Å². The number of rotatable bonds is 4. The molecule has 4 fully saturated rings. The summed E-state index contributed by atoms with van der Waals surface area (Å²) in [6.07, 6.45) is 9.95. The van der Waals surface area contributed by atoms with E-state index in [0.717, 1.165) is 35.1 Å². The summed E-state index contributed by atoms with van der Waals surface area (Å²) >= 11 is 1.60. The highest BCUT2D eigenvalue weighted by molar-refractivity contribution is 7.98. The topological polar surface area (TPSA) is 51.8 Å². The van der Waals surface area contributed by atoms with E-state index in [1.165, 1.54) is 38.5 Å². The molecule has 2 aromatic rings. The molecule has 4 saturated carbocycles.